The summed E-state index contributed by atoms with van der Waals surface area (Å²) >= 11 is 18.8. The Hall–Kier alpha value is -2.34. The molecule has 0 N–H and O–H groups in total. The van der Waals surface area contributed by atoms with Crippen molar-refractivity contribution in [3.8, 4) is 28.5 Å². The van der Waals surface area contributed by atoms with Crippen LogP contribution >= 0.6 is 34.8 Å². The first-order chi connectivity index (χ1) is 14.9. The van der Waals surface area contributed by atoms with Crippen LogP contribution in [0.2, 0.25) is 15.1 Å². The maximum absolute atomic E-state index is 6.53. The topological polar surface area (TPSA) is 56.7 Å². The fourth-order valence-corrected chi connectivity index (χ4v) is 4.49. The van der Waals surface area contributed by atoms with Gasteiger partial charge in [0.05, 0.1) is 16.4 Å². The quantitative estimate of drug-likeness (QED) is 0.305. The molecule has 0 saturated heterocycles. The monoisotopic (exact) mass is 472 g/mol. The number of rotatable bonds is 5. The van der Waals surface area contributed by atoms with Crippen molar-refractivity contribution >= 4 is 34.8 Å². The number of hydrogen-bond acceptors (Lipinski definition) is 4. The Morgan fingerprint density at radius 2 is 1.71 bits per heavy atom. The summed E-state index contributed by atoms with van der Waals surface area (Å²) in [5, 5.41) is 15.2. The van der Waals surface area contributed by atoms with E-state index >= 15 is 0 Å². The second kappa shape index (κ2) is 7.66. The van der Waals surface area contributed by atoms with E-state index in [1.165, 1.54) is 0 Å². The number of aromatic nitrogens is 4. The minimum Gasteiger partial charge on any atom is -0.419 e. The van der Waals surface area contributed by atoms with Gasteiger partial charge in [-0.1, -0.05) is 53.9 Å². The molecule has 2 aromatic heterocycles. The van der Waals surface area contributed by atoms with Crippen LogP contribution in [-0.2, 0) is 5.41 Å². The van der Waals surface area contributed by atoms with Gasteiger partial charge in [-0.05, 0) is 56.5 Å². The van der Waals surface area contributed by atoms with Gasteiger partial charge in [0.15, 0.2) is 5.69 Å². The summed E-state index contributed by atoms with van der Waals surface area (Å²) < 4.78 is 7.90. The van der Waals surface area contributed by atoms with Crippen molar-refractivity contribution in [1.29, 1.82) is 0 Å². The summed E-state index contributed by atoms with van der Waals surface area (Å²) in [5.41, 5.74) is 4.08. The van der Waals surface area contributed by atoms with E-state index in [4.69, 9.17) is 44.3 Å². The van der Waals surface area contributed by atoms with E-state index in [1.54, 1.807) is 16.8 Å². The molecular weight excluding hydrogens is 455 g/mol. The van der Waals surface area contributed by atoms with Gasteiger partial charge in [-0.15, -0.1) is 10.2 Å². The summed E-state index contributed by atoms with van der Waals surface area (Å²) in [6, 6.07) is 12.9. The maximum atomic E-state index is 6.53. The van der Waals surface area contributed by atoms with Crippen molar-refractivity contribution in [3.63, 3.8) is 0 Å². The average molecular weight is 474 g/mol. The standard InChI is InChI=1S/C23H19Cl3N4O/c1-3-23(10-11-23)22-28-27-21(31-22)19-13(2)20(14-4-6-15(24)7-5-14)30(29-19)18-9-8-16(25)12-17(18)26/h4-9,12H,3,10-11H2,1-2H3. The first kappa shape index (κ1) is 20.6. The number of halogens is 3. The van der Waals surface area contributed by atoms with Crippen molar-refractivity contribution in [3.05, 3.63) is 69.0 Å². The van der Waals surface area contributed by atoms with Crippen LogP contribution in [0.5, 0.6) is 0 Å². The molecule has 31 heavy (non-hydrogen) atoms. The lowest BCUT2D eigenvalue weighted by atomic mass is 10.0. The van der Waals surface area contributed by atoms with Crippen LogP contribution in [0.15, 0.2) is 46.9 Å². The normalized spacial score (nSPS) is 14.7. The highest BCUT2D eigenvalue weighted by molar-refractivity contribution is 6.35. The number of nitrogens with zero attached hydrogens (tertiary/aromatic N) is 4. The first-order valence-corrected chi connectivity index (χ1v) is 11.2. The van der Waals surface area contributed by atoms with E-state index in [-0.39, 0.29) is 5.41 Å². The summed E-state index contributed by atoms with van der Waals surface area (Å²) in [6.07, 6.45) is 3.14. The van der Waals surface area contributed by atoms with Crippen molar-refractivity contribution in [2.24, 2.45) is 0 Å². The maximum Gasteiger partial charge on any atom is 0.268 e. The summed E-state index contributed by atoms with van der Waals surface area (Å²) in [4.78, 5) is 0. The largest absolute Gasteiger partial charge is 0.419 e. The van der Waals surface area contributed by atoms with Gasteiger partial charge in [0.2, 0.25) is 5.89 Å². The fourth-order valence-electron chi connectivity index (χ4n) is 3.88. The highest BCUT2D eigenvalue weighted by atomic mass is 35.5. The SMILES string of the molecule is CCC1(c2nnc(-c3nn(-c4ccc(Cl)cc4Cl)c(-c4ccc(Cl)cc4)c3C)o2)CC1. The number of benzene rings is 2. The molecule has 2 heterocycles. The van der Waals surface area contributed by atoms with Gasteiger partial charge >= 0.3 is 0 Å². The van der Waals surface area contributed by atoms with E-state index < -0.39 is 0 Å². The van der Waals surface area contributed by atoms with Crippen LogP contribution in [-0.4, -0.2) is 20.0 Å². The van der Waals surface area contributed by atoms with Gasteiger partial charge in [0.25, 0.3) is 5.89 Å². The predicted octanol–water partition coefficient (Wildman–Crippen LogP) is 7.30. The zero-order valence-corrected chi connectivity index (χ0v) is 19.3. The highest BCUT2D eigenvalue weighted by Crippen LogP contribution is 2.50. The van der Waals surface area contributed by atoms with Gasteiger partial charge in [-0.2, -0.15) is 5.10 Å². The fraction of sp³-hybridized carbons (Fsp3) is 0.261. The third-order valence-electron chi connectivity index (χ3n) is 5.99. The van der Waals surface area contributed by atoms with Gasteiger partial charge in [-0.25, -0.2) is 4.68 Å². The third-order valence-corrected chi connectivity index (χ3v) is 6.78. The van der Waals surface area contributed by atoms with Crippen molar-refractivity contribution in [2.75, 3.05) is 0 Å². The molecule has 2 aromatic carbocycles. The van der Waals surface area contributed by atoms with Crippen LogP contribution in [0.3, 0.4) is 0 Å². The molecule has 0 amide bonds. The Kier molecular flexibility index (Phi) is 5.08. The summed E-state index contributed by atoms with van der Waals surface area (Å²) in [5.74, 6) is 1.10. The molecule has 1 saturated carbocycles. The molecule has 8 heteroatoms. The predicted molar refractivity (Wildman–Crippen MR) is 123 cm³/mol. The molecular formula is C23H19Cl3N4O. The minimum absolute atomic E-state index is 0.0280. The molecule has 0 aliphatic heterocycles. The zero-order valence-electron chi connectivity index (χ0n) is 17.0. The van der Waals surface area contributed by atoms with Crippen LogP contribution in [0.4, 0.5) is 0 Å². The Morgan fingerprint density at radius 1 is 1.00 bits per heavy atom. The third kappa shape index (κ3) is 3.55. The smallest absolute Gasteiger partial charge is 0.268 e. The second-order valence-electron chi connectivity index (χ2n) is 7.88. The molecule has 0 atom stereocenters. The molecule has 0 spiro atoms. The van der Waals surface area contributed by atoms with Gasteiger partial charge < -0.3 is 4.42 Å². The summed E-state index contributed by atoms with van der Waals surface area (Å²) in [6.45, 7) is 4.14. The average Bonchev–Trinajstić information content (AvgIpc) is 3.27. The lowest BCUT2D eigenvalue weighted by molar-refractivity contribution is 0.433. The Bertz CT molecular complexity index is 1270. The van der Waals surface area contributed by atoms with E-state index in [0.29, 0.717) is 38.2 Å². The molecule has 4 aromatic rings. The second-order valence-corrected chi connectivity index (χ2v) is 9.16. The molecule has 1 aliphatic carbocycles. The van der Waals surface area contributed by atoms with E-state index in [0.717, 1.165) is 36.1 Å². The Labute approximate surface area is 195 Å². The molecule has 1 aliphatic rings. The Morgan fingerprint density at radius 3 is 2.35 bits per heavy atom. The molecule has 5 rings (SSSR count). The van der Waals surface area contributed by atoms with Gasteiger partial charge in [-0.3, -0.25) is 0 Å². The van der Waals surface area contributed by atoms with E-state index in [2.05, 4.69) is 17.1 Å². The van der Waals surface area contributed by atoms with Crippen molar-refractivity contribution in [1.82, 2.24) is 20.0 Å². The van der Waals surface area contributed by atoms with Crippen LogP contribution < -0.4 is 0 Å². The zero-order chi connectivity index (χ0) is 21.8. The van der Waals surface area contributed by atoms with E-state index in [9.17, 15) is 0 Å². The van der Waals surface area contributed by atoms with Crippen molar-refractivity contribution < 1.29 is 4.42 Å². The molecule has 0 bridgehead atoms. The molecule has 5 nitrogen and oxygen atoms in total. The molecule has 0 unspecified atom stereocenters. The first-order valence-electron chi connectivity index (χ1n) is 10.1. The lowest BCUT2D eigenvalue weighted by Crippen LogP contribution is -2.04. The Balaban J connectivity index is 1.69. The minimum atomic E-state index is 0.0280. The molecule has 158 valence electrons. The van der Waals surface area contributed by atoms with Crippen LogP contribution in [0, 0.1) is 6.92 Å². The van der Waals surface area contributed by atoms with Gasteiger partial charge in [0.1, 0.15) is 0 Å². The van der Waals surface area contributed by atoms with Crippen LogP contribution in [0.1, 0.15) is 37.6 Å². The van der Waals surface area contributed by atoms with Gasteiger partial charge in [0, 0.05) is 26.6 Å². The van der Waals surface area contributed by atoms with Crippen molar-refractivity contribution in [2.45, 2.75) is 38.5 Å². The number of hydrogen-bond donors (Lipinski definition) is 0. The lowest BCUT2D eigenvalue weighted by Gasteiger charge is -2.11. The van der Waals surface area contributed by atoms with E-state index in [1.807, 2.05) is 37.3 Å². The summed E-state index contributed by atoms with van der Waals surface area (Å²) in [7, 11) is 0. The molecule has 0 radical (unpaired) electrons. The van der Waals surface area contributed by atoms with Crippen LogP contribution in [0.25, 0.3) is 28.5 Å². The highest BCUT2D eigenvalue weighted by Gasteiger charge is 2.47. The molecule has 1 fully saturated rings.